The van der Waals surface area contributed by atoms with Crippen LogP contribution >= 0.6 is 0 Å². The first-order valence-corrected chi connectivity index (χ1v) is 8.59. The fourth-order valence-corrected chi connectivity index (χ4v) is 2.44. The van der Waals surface area contributed by atoms with Gasteiger partial charge in [-0.1, -0.05) is 12.1 Å². The molecular formula is C20H23N3O3. The second-order valence-corrected chi connectivity index (χ2v) is 5.67. The predicted molar refractivity (Wildman–Crippen MR) is 101 cm³/mol. The Hall–Kier alpha value is -2.99. The summed E-state index contributed by atoms with van der Waals surface area (Å²) in [6.45, 7) is 4.17. The minimum atomic E-state index is 0.375. The molecule has 0 saturated carbocycles. The number of nitrogens with two attached hydrogens (primary N) is 1. The number of H-pyrrole nitrogens is 1. The van der Waals surface area contributed by atoms with E-state index < -0.39 is 0 Å². The Bertz CT molecular complexity index is 815. The van der Waals surface area contributed by atoms with E-state index in [1.54, 1.807) is 0 Å². The van der Waals surface area contributed by atoms with Crippen LogP contribution in [0.25, 0.3) is 11.3 Å². The fraction of sp³-hybridized carbons (Fsp3) is 0.250. The summed E-state index contributed by atoms with van der Waals surface area (Å²) < 4.78 is 16.6. The molecule has 0 spiro atoms. The van der Waals surface area contributed by atoms with Crippen molar-refractivity contribution in [1.82, 2.24) is 10.2 Å². The van der Waals surface area contributed by atoms with E-state index in [2.05, 4.69) is 10.2 Å². The summed E-state index contributed by atoms with van der Waals surface area (Å²) >= 11 is 0. The predicted octanol–water partition coefficient (Wildman–Crippen LogP) is 3.65. The summed E-state index contributed by atoms with van der Waals surface area (Å²) in [5.74, 6) is 1.48. The molecular weight excluding hydrogens is 330 g/mol. The Labute approximate surface area is 152 Å². The second-order valence-electron chi connectivity index (χ2n) is 5.67. The molecule has 0 aliphatic carbocycles. The Morgan fingerprint density at radius 3 is 2.58 bits per heavy atom. The third kappa shape index (κ3) is 4.77. The van der Waals surface area contributed by atoms with E-state index in [1.165, 1.54) is 0 Å². The Morgan fingerprint density at radius 2 is 1.81 bits per heavy atom. The lowest BCUT2D eigenvalue weighted by Gasteiger charge is -2.07. The molecule has 0 atom stereocenters. The minimum Gasteiger partial charge on any atom is -0.491 e. The highest BCUT2D eigenvalue weighted by Gasteiger charge is 2.06. The van der Waals surface area contributed by atoms with E-state index >= 15 is 0 Å². The van der Waals surface area contributed by atoms with Crippen LogP contribution in [0.4, 0.5) is 5.69 Å². The molecule has 0 unspecified atom stereocenters. The van der Waals surface area contributed by atoms with Crippen molar-refractivity contribution in [3.63, 3.8) is 0 Å². The largest absolute Gasteiger partial charge is 0.491 e. The molecule has 26 heavy (non-hydrogen) atoms. The van der Waals surface area contributed by atoms with Gasteiger partial charge in [-0.15, -0.1) is 0 Å². The molecule has 136 valence electrons. The van der Waals surface area contributed by atoms with E-state index in [0.717, 1.165) is 22.7 Å². The molecule has 0 amide bonds. The number of aromatic nitrogens is 2. The van der Waals surface area contributed by atoms with Gasteiger partial charge < -0.3 is 19.9 Å². The standard InChI is InChI=1S/C20H23N3O3/c1-2-24-11-12-25-17-9-7-15(8-10-17)19-13-16(22-23-19)14-26-20-6-4-3-5-18(20)21/h3-10,13H,2,11-12,14,21H2,1H3,(H,22,23). The molecule has 6 nitrogen and oxygen atoms in total. The van der Waals surface area contributed by atoms with Crippen molar-refractivity contribution in [2.24, 2.45) is 0 Å². The van der Waals surface area contributed by atoms with Crippen LogP contribution in [0.5, 0.6) is 11.5 Å². The summed E-state index contributed by atoms with van der Waals surface area (Å²) in [6, 6.07) is 17.2. The highest BCUT2D eigenvalue weighted by Crippen LogP contribution is 2.23. The zero-order chi connectivity index (χ0) is 18.2. The molecule has 2 aromatic carbocycles. The Balaban J connectivity index is 1.56. The number of para-hydroxylation sites is 2. The maximum absolute atomic E-state index is 5.88. The average molecular weight is 353 g/mol. The van der Waals surface area contributed by atoms with Gasteiger partial charge in [0.1, 0.15) is 24.7 Å². The van der Waals surface area contributed by atoms with Crippen LogP contribution in [0.15, 0.2) is 54.6 Å². The molecule has 0 bridgehead atoms. The topological polar surface area (TPSA) is 82.4 Å². The highest BCUT2D eigenvalue weighted by molar-refractivity contribution is 5.60. The summed E-state index contributed by atoms with van der Waals surface area (Å²) in [5, 5.41) is 7.33. The molecule has 0 aliphatic heterocycles. The lowest BCUT2D eigenvalue weighted by atomic mass is 10.1. The Morgan fingerprint density at radius 1 is 1.00 bits per heavy atom. The SMILES string of the molecule is CCOCCOc1ccc(-c2cc(COc3ccccc3N)[nH]n2)cc1. The molecule has 3 N–H and O–H groups in total. The van der Waals surface area contributed by atoms with Crippen molar-refractivity contribution in [2.75, 3.05) is 25.6 Å². The van der Waals surface area contributed by atoms with Gasteiger partial charge in [0.05, 0.1) is 23.7 Å². The van der Waals surface area contributed by atoms with Crippen LogP contribution < -0.4 is 15.2 Å². The maximum Gasteiger partial charge on any atom is 0.142 e. The number of anilines is 1. The third-order valence-corrected chi connectivity index (χ3v) is 3.78. The minimum absolute atomic E-state index is 0.375. The number of nitrogens with zero attached hydrogens (tertiary/aromatic N) is 1. The van der Waals surface area contributed by atoms with Gasteiger partial charge >= 0.3 is 0 Å². The zero-order valence-electron chi connectivity index (χ0n) is 14.8. The first kappa shape index (κ1) is 17.8. The van der Waals surface area contributed by atoms with Gasteiger partial charge in [-0.05, 0) is 49.4 Å². The molecule has 0 aliphatic rings. The summed E-state index contributed by atoms with van der Waals surface area (Å²) in [6.07, 6.45) is 0. The van der Waals surface area contributed by atoms with Crippen LogP contribution in [0, 0.1) is 0 Å². The molecule has 6 heteroatoms. The first-order valence-electron chi connectivity index (χ1n) is 8.59. The van der Waals surface area contributed by atoms with Gasteiger partial charge in [-0.25, -0.2) is 0 Å². The van der Waals surface area contributed by atoms with E-state index in [1.807, 2.05) is 61.5 Å². The number of hydrogen-bond acceptors (Lipinski definition) is 5. The third-order valence-electron chi connectivity index (χ3n) is 3.78. The fourth-order valence-electron chi connectivity index (χ4n) is 2.44. The first-order chi connectivity index (χ1) is 12.8. The van der Waals surface area contributed by atoms with Crippen molar-refractivity contribution in [2.45, 2.75) is 13.5 Å². The van der Waals surface area contributed by atoms with Crippen molar-refractivity contribution < 1.29 is 14.2 Å². The molecule has 3 aromatic rings. The van der Waals surface area contributed by atoms with Crippen molar-refractivity contribution >= 4 is 5.69 Å². The molecule has 1 heterocycles. The normalized spacial score (nSPS) is 10.7. The highest BCUT2D eigenvalue weighted by atomic mass is 16.5. The van der Waals surface area contributed by atoms with Crippen LogP contribution in [-0.2, 0) is 11.3 Å². The van der Waals surface area contributed by atoms with Crippen LogP contribution in [0.1, 0.15) is 12.6 Å². The summed E-state index contributed by atoms with van der Waals surface area (Å²) in [7, 11) is 0. The van der Waals surface area contributed by atoms with Crippen LogP contribution in [0.3, 0.4) is 0 Å². The summed E-state index contributed by atoms with van der Waals surface area (Å²) in [5.41, 5.74) is 9.22. The van der Waals surface area contributed by atoms with Gasteiger partial charge in [-0.2, -0.15) is 5.10 Å². The molecule has 0 fully saturated rings. The zero-order valence-corrected chi connectivity index (χ0v) is 14.8. The molecule has 3 rings (SSSR count). The quantitative estimate of drug-likeness (QED) is 0.453. The van der Waals surface area contributed by atoms with E-state index in [0.29, 0.717) is 37.9 Å². The van der Waals surface area contributed by atoms with Gasteiger partial charge in [0.25, 0.3) is 0 Å². The monoisotopic (exact) mass is 353 g/mol. The van der Waals surface area contributed by atoms with Gasteiger partial charge in [0.2, 0.25) is 0 Å². The number of nitrogen functional groups attached to an aromatic ring is 1. The summed E-state index contributed by atoms with van der Waals surface area (Å²) in [4.78, 5) is 0. The van der Waals surface area contributed by atoms with Crippen molar-refractivity contribution in [1.29, 1.82) is 0 Å². The Kier molecular flexibility index (Phi) is 6.11. The number of rotatable bonds is 9. The molecule has 1 aromatic heterocycles. The van der Waals surface area contributed by atoms with E-state index in [9.17, 15) is 0 Å². The average Bonchev–Trinajstić information content (AvgIpc) is 3.14. The molecule has 0 radical (unpaired) electrons. The van der Waals surface area contributed by atoms with Crippen LogP contribution in [0.2, 0.25) is 0 Å². The molecule has 0 saturated heterocycles. The number of aromatic amines is 1. The van der Waals surface area contributed by atoms with Crippen LogP contribution in [-0.4, -0.2) is 30.0 Å². The van der Waals surface area contributed by atoms with Gasteiger partial charge in [-0.3, -0.25) is 5.10 Å². The number of benzene rings is 2. The van der Waals surface area contributed by atoms with E-state index in [-0.39, 0.29) is 0 Å². The second kappa shape index (κ2) is 8.92. The smallest absolute Gasteiger partial charge is 0.142 e. The number of nitrogens with one attached hydrogen (secondary N) is 1. The van der Waals surface area contributed by atoms with Gasteiger partial charge in [0, 0.05) is 12.2 Å². The maximum atomic E-state index is 5.88. The lowest BCUT2D eigenvalue weighted by molar-refractivity contribution is 0.110. The van der Waals surface area contributed by atoms with Gasteiger partial charge in [0.15, 0.2) is 0 Å². The number of hydrogen-bond donors (Lipinski definition) is 2. The number of ether oxygens (including phenoxy) is 3. The lowest BCUT2D eigenvalue weighted by Crippen LogP contribution is -2.06. The van der Waals surface area contributed by atoms with Crippen molar-refractivity contribution in [3.8, 4) is 22.8 Å². The van der Waals surface area contributed by atoms with E-state index in [4.69, 9.17) is 19.9 Å². The van der Waals surface area contributed by atoms with Crippen molar-refractivity contribution in [3.05, 3.63) is 60.3 Å².